The van der Waals surface area contributed by atoms with Crippen LogP contribution in [-0.2, 0) is 12.8 Å². The van der Waals surface area contributed by atoms with Crippen molar-refractivity contribution in [2.45, 2.75) is 26.7 Å². The molecule has 0 unspecified atom stereocenters. The smallest absolute Gasteiger partial charge is 0.231 e. The van der Waals surface area contributed by atoms with Gasteiger partial charge in [-0.3, -0.25) is 0 Å². The lowest BCUT2D eigenvalue weighted by atomic mass is 9.99. The molecule has 3 rings (SSSR count). The maximum absolute atomic E-state index is 5.42. The Bertz CT molecular complexity index is 585. The Morgan fingerprint density at radius 2 is 1.50 bits per heavy atom. The molecule has 2 heteroatoms. The van der Waals surface area contributed by atoms with Gasteiger partial charge in [-0.25, -0.2) is 0 Å². The summed E-state index contributed by atoms with van der Waals surface area (Å²) in [5.41, 5.74) is 4.00. The van der Waals surface area contributed by atoms with E-state index in [0.717, 1.165) is 24.3 Å². The van der Waals surface area contributed by atoms with Crippen molar-refractivity contribution < 1.29 is 9.47 Å². The number of benzene rings is 2. The molecule has 104 valence electrons. The summed E-state index contributed by atoms with van der Waals surface area (Å²) in [6.45, 7) is 4.84. The summed E-state index contributed by atoms with van der Waals surface area (Å²) in [6.07, 6.45) is 2.07. The molecule has 0 amide bonds. The van der Waals surface area contributed by atoms with E-state index in [-0.39, 0.29) is 0 Å². The second-order valence-corrected chi connectivity index (χ2v) is 5.78. The first kappa shape index (κ1) is 13.0. The zero-order chi connectivity index (χ0) is 13.9. The number of ether oxygens (including phenoxy) is 2. The van der Waals surface area contributed by atoms with Gasteiger partial charge in [-0.1, -0.05) is 44.2 Å². The van der Waals surface area contributed by atoms with Crippen molar-refractivity contribution in [1.82, 2.24) is 0 Å². The SMILES string of the molecule is CC(C)Cc1ccc(Cc2ccc3c(c2)OCO3)cc1. The lowest BCUT2D eigenvalue weighted by Crippen LogP contribution is -1.95. The molecular formula is C18H20O2. The molecule has 0 aromatic heterocycles. The van der Waals surface area contributed by atoms with Crippen molar-refractivity contribution in [3.8, 4) is 11.5 Å². The molecular weight excluding hydrogens is 248 g/mol. The van der Waals surface area contributed by atoms with E-state index in [2.05, 4.69) is 50.2 Å². The third-order valence-corrected chi connectivity index (χ3v) is 3.51. The molecule has 2 aromatic carbocycles. The van der Waals surface area contributed by atoms with Gasteiger partial charge in [-0.15, -0.1) is 0 Å². The van der Waals surface area contributed by atoms with Crippen molar-refractivity contribution in [2.24, 2.45) is 5.92 Å². The van der Waals surface area contributed by atoms with Gasteiger partial charge in [0, 0.05) is 0 Å². The fourth-order valence-electron chi connectivity index (χ4n) is 2.55. The first-order valence-electron chi connectivity index (χ1n) is 7.17. The zero-order valence-corrected chi connectivity index (χ0v) is 12.1. The van der Waals surface area contributed by atoms with Crippen molar-refractivity contribution in [2.75, 3.05) is 6.79 Å². The van der Waals surface area contributed by atoms with Crippen molar-refractivity contribution in [1.29, 1.82) is 0 Å². The maximum atomic E-state index is 5.42. The first-order valence-corrected chi connectivity index (χ1v) is 7.17. The molecule has 0 bridgehead atoms. The summed E-state index contributed by atoms with van der Waals surface area (Å²) in [5, 5.41) is 0. The Morgan fingerprint density at radius 1 is 0.850 bits per heavy atom. The number of rotatable bonds is 4. The molecule has 0 atom stereocenters. The second-order valence-electron chi connectivity index (χ2n) is 5.78. The summed E-state index contributed by atoms with van der Waals surface area (Å²) in [4.78, 5) is 0. The van der Waals surface area contributed by atoms with Gasteiger partial charge in [0.2, 0.25) is 6.79 Å². The topological polar surface area (TPSA) is 18.5 Å². The number of fused-ring (bicyclic) bond motifs is 1. The Morgan fingerprint density at radius 3 is 2.25 bits per heavy atom. The van der Waals surface area contributed by atoms with E-state index in [1.165, 1.54) is 16.7 Å². The maximum Gasteiger partial charge on any atom is 0.231 e. The van der Waals surface area contributed by atoms with E-state index in [1.807, 2.05) is 6.07 Å². The molecule has 0 radical (unpaired) electrons. The van der Waals surface area contributed by atoms with Crippen LogP contribution in [0.15, 0.2) is 42.5 Å². The minimum Gasteiger partial charge on any atom is -0.454 e. The van der Waals surface area contributed by atoms with E-state index < -0.39 is 0 Å². The Hall–Kier alpha value is -1.96. The quantitative estimate of drug-likeness (QED) is 0.827. The molecule has 1 aliphatic rings. The molecule has 1 aliphatic heterocycles. The predicted molar refractivity (Wildman–Crippen MR) is 80.4 cm³/mol. The first-order chi connectivity index (χ1) is 9.70. The standard InChI is InChI=1S/C18H20O2/c1-13(2)9-14-3-5-15(6-4-14)10-16-7-8-17-18(11-16)20-12-19-17/h3-8,11,13H,9-10,12H2,1-2H3. The van der Waals surface area contributed by atoms with E-state index in [4.69, 9.17) is 9.47 Å². The molecule has 0 saturated heterocycles. The van der Waals surface area contributed by atoms with E-state index in [0.29, 0.717) is 12.7 Å². The van der Waals surface area contributed by atoms with Crippen LogP contribution < -0.4 is 9.47 Å². The zero-order valence-electron chi connectivity index (χ0n) is 12.1. The van der Waals surface area contributed by atoms with Crippen LogP contribution in [0.1, 0.15) is 30.5 Å². The van der Waals surface area contributed by atoms with Gasteiger partial charge in [0.25, 0.3) is 0 Å². The molecule has 0 saturated carbocycles. The lowest BCUT2D eigenvalue weighted by molar-refractivity contribution is 0.174. The van der Waals surface area contributed by atoms with E-state index >= 15 is 0 Å². The van der Waals surface area contributed by atoms with Gasteiger partial charge < -0.3 is 9.47 Å². The van der Waals surface area contributed by atoms with Gasteiger partial charge in [0.1, 0.15) is 0 Å². The second kappa shape index (κ2) is 5.58. The average molecular weight is 268 g/mol. The number of hydrogen-bond donors (Lipinski definition) is 0. The molecule has 2 nitrogen and oxygen atoms in total. The van der Waals surface area contributed by atoms with Crippen LogP contribution in [0.2, 0.25) is 0 Å². The van der Waals surface area contributed by atoms with Gasteiger partial charge >= 0.3 is 0 Å². The fraction of sp³-hybridized carbons (Fsp3) is 0.333. The third kappa shape index (κ3) is 2.96. The van der Waals surface area contributed by atoms with Crippen LogP contribution >= 0.6 is 0 Å². The van der Waals surface area contributed by atoms with Gasteiger partial charge in [-0.2, -0.15) is 0 Å². The minimum atomic E-state index is 0.336. The van der Waals surface area contributed by atoms with E-state index in [1.54, 1.807) is 0 Å². The molecule has 0 spiro atoms. The van der Waals surface area contributed by atoms with Gasteiger partial charge in [0.05, 0.1) is 0 Å². The van der Waals surface area contributed by atoms with Crippen LogP contribution in [-0.4, -0.2) is 6.79 Å². The number of hydrogen-bond acceptors (Lipinski definition) is 2. The Labute approximate surface area is 120 Å². The van der Waals surface area contributed by atoms with Crippen molar-refractivity contribution >= 4 is 0 Å². The molecule has 0 aliphatic carbocycles. The molecule has 0 fully saturated rings. The fourth-order valence-corrected chi connectivity index (χ4v) is 2.55. The van der Waals surface area contributed by atoms with Crippen LogP contribution in [0.3, 0.4) is 0 Å². The molecule has 2 aromatic rings. The monoisotopic (exact) mass is 268 g/mol. The van der Waals surface area contributed by atoms with Crippen LogP contribution in [0, 0.1) is 5.92 Å². The van der Waals surface area contributed by atoms with Crippen molar-refractivity contribution in [3.63, 3.8) is 0 Å². The minimum absolute atomic E-state index is 0.336. The summed E-state index contributed by atoms with van der Waals surface area (Å²) in [5.74, 6) is 2.41. The van der Waals surface area contributed by atoms with Crippen LogP contribution in [0.4, 0.5) is 0 Å². The summed E-state index contributed by atoms with van der Waals surface area (Å²) >= 11 is 0. The predicted octanol–water partition coefficient (Wildman–Crippen LogP) is 4.20. The summed E-state index contributed by atoms with van der Waals surface area (Å²) < 4.78 is 10.8. The van der Waals surface area contributed by atoms with E-state index in [9.17, 15) is 0 Å². The summed E-state index contributed by atoms with van der Waals surface area (Å²) in [6, 6.07) is 15.1. The normalized spacial score (nSPS) is 12.9. The van der Waals surface area contributed by atoms with Gasteiger partial charge in [0.15, 0.2) is 11.5 Å². The highest BCUT2D eigenvalue weighted by molar-refractivity contribution is 5.45. The molecule has 1 heterocycles. The largest absolute Gasteiger partial charge is 0.454 e. The third-order valence-electron chi connectivity index (χ3n) is 3.51. The average Bonchev–Trinajstić information content (AvgIpc) is 2.88. The van der Waals surface area contributed by atoms with Gasteiger partial charge in [-0.05, 0) is 47.6 Å². The molecule has 20 heavy (non-hydrogen) atoms. The van der Waals surface area contributed by atoms with Crippen molar-refractivity contribution in [3.05, 3.63) is 59.2 Å². The lowest BCUT2D eigenvalue weighted by Gasteiger charge is -2.07. The highest BCUT2D eigenvalue weighted by Crippen LogP contribution is 2.33. The van der Waals surface area contributed by atoms with Crippen LogP contribution in [0.5, 0.6) is 11.5 Å². The van der Waals surface area contributed by atoms with Crippen LogP contribution in [0.25, 0.3) is 0 Å². The Kier molecular flexibility index (Phi) is 3.64. The summed E-state index contributed by atoms with van der Waals surface area (Å²) in [7, 11) is 0. The highest BCUT2D eigenvalue weighted by atomic mass is 16.7. The molecule has 0 N–H and O–H groups in total. The Balaban J connectivity index is 1.71. The highest BCUT2D eigenvalue weighted by Gasteiger charge is 2.13.